The predicted octanol–water partition coefficient (Wildman–Crippen LogP) is 3.45. The second kappa shape index (κ2) is 6.52. The van der Waals surface area contributed by atoms with Crippen molar-refractivity contribution in [3.8, 4) is 5.69 Å². The summed E-state index contributed by atoms with van der Waals surface area (Å²) in [4.78, 5) is 2.81. The summed E-state index contributed by atoms with van der Waals surface area (Å²) < 4.78 is 89.3. The van der Waals surface area contributed by atoms with Crippen molar-refractivity contribution in [2.45, 2.75) is 30.3 Å². The van der Waals surface area contributed by atoms with Gasteiger partial charge in [0.05, 0.1) is 34.6 Å². The van der Waals surface area contributed by atoms with Gasteiger partial charge in [-0.1, -0.05) is 18.5 Å². The van der Waals surface area contributed by atoms with Gasteiger partial charge in [0.2, 0.25) is 0 Å². The van der Waals surface area contributed by atoms with Crippen LogP contribution in [0, 0.1) is 0 Å². The minimum atomic E-state index is -5.82. The van der Waals surface area contributed by atoms with Gasteiger partial charge in [0, 0.05) is 6.20 Å². The fourth-order valence-electron chi connectivity index (χ4n) is 1.90. The molecule has 2 heterocycles. The monoisotopic (exact) mass is 403 g/mol. The Hall–Kier alpha value is -1.75. The van der Waals surface area contributed by atoms with E-state index in [1.807, 2.05) is 0 Å². The Balaban J connectivity index is 2.57. The molecule has 12 heteroatoms. The second-order valence-electron chi connectivity index (χ2n) is 5.00. The van der Waals surface area contributed by atoms with Crippen molar-refractivity contribution >= 4 is 21.4 Å². The summed E-state index contributed by atoms with van der Waals surface area (Å²) in [7, 11) is -4.11. The van der Waals surface area contributed by atoms with E-state index in [1.54, 1.807) is 0 Å². The highest BCUT2D eigenvalue weighted by atomic mass is 35.5. The number of halogens is 6. The maximum atomic E-state index is 13.3. The van der Waals surface area contributed by atoms with Crippen molar-refractivity contribution in [1.29, 1.82) is 0 Å². The maximum absolute atomic E-state index is 13.3. The van der Waals surface area contributed by atoms with E-state index in [1.165, 1.54) is 19.2 Å². The van der Waals surface area contributed by atoms with Crippen LogP contribution in [-0.2, 0) is 16.3 Å². The van der Waals surface area contributed by atoms with Crippen LogP contribution in [0.2, 0.25) is 5.15 Å². The topological polar surface area (TPSA) is 64.8 Å². The normalized spacial score (nSPS) is 13.2. The van der Waals surface area contributed by atoms with Gasteiger partial charge in [-0.05, 0) is 12.1 Å². The van der Waals surface area contributed by atoms with Crippen LogP contribution in [0.15, 0.2) is 29.4 Å². The van der Waals surface area contributed by atoms with Crippen LogP contribution in [0.4, 0.5) is 22.0 Å². The van der Waals surface area contributed by atoms with Crippen molar-refractivity contribution in [3.05, 3.63) is 35.4 Å². The van der Waals surface area contributed by atoms with E-state index in [0.29, 0.717) is 0 Å². The van der Waals surface area contributed by atoms with Gasteiger partial charge >= 0.3 is 12.1 Å². The maximum Gasteiger partial charge on any atom is 0.453 e. The molecule has 0 spiro atoms. The molecular formula is C13H11ClF5N3O2S. The van der Waals surface area contributed by atoms with E-state index in [2.05, 4.69) is 10.1 Å². The van der Waals surface area contributed by atoms with Crippen molar-refractivity contribution in [3.63, 3.8) is 0 Å². The molecule has 0 unspecified atom stereocenters. The highest BCUT2D eigenvalue weighted by Crippen LogP contribution is 2.38. The number of hydrogen-bond acceptors (Lipinski definition) is 4. The molecule has 0 bridgehead atoms. The molecule has 0 aliphatic rings. The summed E-state index contributed by atoms with van der Waals surface area (Å²) in [5.74, 6) is -5.61. The molecule has 0 N–H and O–H groups in total. The van der Waals surface area contributed by atoms with Gasteiger partial charge in [0.1, 0.15) is 0 Å². The summed E-state index contributed by atoms with van der Waals surface area (Å²) in [6.07, 6.45) is -5.41. The average molecular weight is 404 g/mol. The third kappa shape index (κ3) is 4.09. The van der Waals surface area contributed by atoms with Crippen molar-refractivity contribution in [2.24, 2.45) is 0 Å². The summed E-state index contributed by atoms with van der Waals surface area (Å²) in [5.41, 5.74) is -0.816. The SMILES string of the molecule is CCS(=O)(=O)c1cc(-n2ccc(Cl)n2)cnc1CC(F)(F)C(F)(F)F. The molecule has 25 heavy (non-hydrogen) atoms. The Morgan fingerprint density at radius 2 is 1.88 bits per heavy atom. The van der Waals surface area contributed by atoms with Crippen molar-refractivity contribution in [2.75, 3.05) is 5.75 Å². The highest BCUT2D eigenvalue weighted by molar-refractivity contribution is 7.91. The zero-order valence-electron chi connectivity index (χ0n) is 12.6. The lowest BCUT2D eigenvalue weighted by Crippen LogP contribution is -2.39. The van der Waals surface area contributed by atoms with Crippen LogP contribution in [-0.4, -0.2) is 41.0 Å². The minimum Gasteiger partial charge on any atom is -0.257 e. The molecule has 0 radical (unpaired) electrons. The third-order valence-electron chi connectivity index (χ3n) is 3.26. The molecule has 0 aromatic carbocycles. The van der Waals surface area contributed by atoms with Crippen LogP contribution in [0.5, 0.6) is 0 Å². The Morgan fingerprint density at radius 1 is 1.24 bits per heavy atom. The van der Waals surface area contributed by atoms with Crippen LogP contribution in [0.25, 0.3) is 5.69 Å². The summed E-state index contributed by atoms with van der Waals surface area (Å²) in [5, 5.41) is 3.87. The van der Waals surface area contributed by atoms with Gasteiger partial charge in [-0.3, -0.25) is 4.98 Å². The first-order chi connectivity index (χ1) is 11.4. The van der Waals surface area contributed by atoms with Gasteiger partial charge in [-0.2, -0.15) is 27.1 Å². The Bertz CT molecular complexity index is 880. The number of nitrogens with zero attached hydrogens (tertiary/aromatic N) is 3. The molecule has 0 atom stereocenters. The molecule has 0 fully saturated rings. The number of hydrogen-bond donors (Lipinski definition) is 0. The van der Waals surface area contributed by atoms with E-state index in [-0.39, 0.29) is 10.8 Å². The lowest BCUT2D eigenvalue weighted by molar-refractivity contribution is -0.281. The molecule has 138 valence electrons. The third-order valence-corrected chi connectivity index (χ3v) is 5.24. The molecular weight excluding hydrogens is 393 g/mol. The van der Waals surface area contributed by atoms with Crippen LogP contribution < -0.4 is 0 Å². The Morgan fingerprint density at radius 3 is 2.36 bits per heavy atom. The van der Waals surface area contributed by atoms with Gasteiger partial charge in [0.25, 0.3) is 0 Å². The van der Waals surface area contributed by atoms with E-state index in [0.717, 1.165) is 16.9 Å². The molecule has 0 amide bonds. The Labute approximate surface area is 144 Å². The van der Waals surface area contributed by atoms with Crippen LogP contribution >= 0.6 is 11.6 Å². The lowest BCUT2D eigenvalue weighted by atomic mass is 10.1. The minimum absolute atomic E-state index is 0.0537. The standard InChI is InChI=1S/C13H11ClF5N3O2S/c1-2-25(23,24)10-5-8(22-4-3-11(14)21-22)7-20-9(10)6-12(15,16)13(17,18)19/h3-5,7H,2,6H2,1H3. The number of alkyl halides is 5. The lowest BCUT2D eigenvalue weighted by Gasteiger charge is -2.20. The molecule has 0 aliphatic carbocycles. The number of aromatic nitrogens is 3. The zero-order valence-corrected chi connectivity index (χ0v) is 14.1. The second-order valence-corrected chi connectivity index (χ2v) is 7.64. The van der Waals surface area contributed by atoms with Crippen molar-refractivity contribution in [1.82, 2.24) is 14.8 Å². The summed E-state index contributed by atoms with van der Waals surface area (Å²) in [6, 6.07) is 2.32. The van der Waals surface area contributed by atoms with E-state index in [4.69, 9.17) is 11.6 Å². The number of sulfone groups is 1. The molecule has 2 aromatic rings. The fraction of sp³-hybridized carbons (Fsp3) is 0.385. The van der Waals surface area contributed by atoms with Crippen molar-refractivity contribution < 1.29 is 30.4 Å². The molecule has 2 rings (SSSR count). The van der Waals surface area contributed by atoms with E-state index in [9.17, 15) is 30.4 Å². The van der Waals surface area contributed by atoms with Gasteiger partial charge in [-0.15, -0.1) is 0 Å². The molecule has 5 nitrogen and oxygen atoms in total. The van der Waals surface area contributed by atoms with Crippen LogP contribution in [0.1, 0.15) is 12.6 Å². The smallest absolute Gasteiger partial charge is 0.257 e. The van der Waals surface area contributed by atoms with Gasteiger partial charge < -0.3 is 0 Å². The molecule has 0 saturated carbocycles. The first-order valence-electron chi connectivity index (χ1n) is 6.75. The fourth-order valence-corrected chi connectivity index (χ4v) is 3.13. The predicted molar refractivity (Wildman–Crippen MR) is 78.8 cm³/mol. The molecule has 0 aliphatic heterocycles. The van der Waals surface area contributed by atoms with Crippen LogP contribution in [0.3, 0.4) is 0 Å². The molecule has 2 aromatic heterocycles. The number of pyridine rings is 1. The first-order valence-corrected chi connectivity index (χ1v) is 8.78. The van der Waals surface area contributed by atoms with Gasteiger partial charge in [0.15, 0.2) is 15.0 Å². The highest BCUT2D eigenvalue weighted by Gasteiger charge is 2.57. The Kier molecular flexibility index (Phi) is 5.11. The summed E-state index contributed by atoms with van der Waals surface area (Å²) in [6.45, 7) is 1.23. The van der Waals surface area contributed by atoms with E-state index >= 15 is 0 Å². The van der Waals surface area contributed by atoms with E-state index < -0.39 is 44.7 Å². The molecule has 0 saturated heterocycles. The largest absolute Gasteiger partial charge is 0.453 e. The summed E-state index contributed by atoms with van der Waals surface area (Å²) >= 11 is 5.64. The zero-order chi connectivity index (χ0) is 19.0. The first kappa shape index (κ1) is 19.6. The average Bonchev–Trinajstić information content (AvgIpc) is 2.92. The quantitative estimate of drug-likeness (QED) is 0.717. The van der Waals surface area contributed by atoms with Gasteiger partial charge in [-0.25, -0.2) is 13.1 Å². The number of rotatable bonds is 5.